The maximum absolute atomic E-state index is 11.8. The quantitative estimate of drug-likeness (QED) is 0.383. The van der Waals surface area contributed by atoms with E-state index in [-0.39, 0.29) is 18.2 Å². The number of hydrogen-bond acceptors (Lipinski definition) is 5. The van der Waals surface area contributed by atoms with Gasteiger partial charge in [0.25, 0.3) is 5.91 Å². The van der Waals surface area contributed by atoms with Crippen molar-refractivity contribution in [2.24, 2.45) is 5.10 Å². The Morgan fingerprint density at radius 1 is 1.37 bits per heavy atom. The normalized spacial score (nSPS) is 12.6. The second-order valence-electron chi connectivity index (χ2n) is 4.27. The largest absolute Gasteiger partial charge is 0.342 e. The Balaban J connectivity index is 4.44. The van der Waals surface area contributed by atoms with Gasteiger partial charge < -0.3 is 20.0 Å². The second-order valence-corrected chi connectivity index (χ2v) is 4.27. The van der Waals surface area contributed by atoms with Gasteiger partial charge in [-0.1, -0.05) is 0 Å². The minimum Gasteiger partial charge on any atom is -0.342 e. The van der Waals surface area contributed by atoms with Crippen LogP contribution in [-0.2, 0) is 14.4 Å². The molecule has 7 nitrogen and oxygen atoms in total. The number of nitrogens with zero attached hydrogens (tertiary/aromatic N) is 3. The van der Waals surface area contributed by atoms with Crippen LogP contribution in [0.3, 0.4) is 0 Å². The standard InChI is InChI=1S/C12H22N4O3/c1-6-16(9(2)8-17)11(18)7-13-12(19)10(3)14-15(4)5/h8-9H,6-7H2,1-5H3,(H,13,19). The van der Waals surface area contributed by atoms with Crippen molar-refractivity contribution in [3.8, 4) is 0 Å². The van der Waals surface area contributed by atoms with Crippen molar-refractivity contribution in [2.45, 2.75) is 26.8 Å². The highest BCUT2D eigenvalue weighted by Gasteiger charge is 2.18. The van der Waals surface area contributed by atoms with E-state index < -0.39 is 11.9 Å². The van der Waals surface area contributed by atoms with Crippen molar-refractivity contribution in [1.82, 2.24) is 15.2 Å². The minimum atomic E-state index is -0.494. The summed E-state index contributed by atoms with van der Waals surface area (Å²) in [5.74, 6) is -0.704. The Hall–Kier alpha value is -1.92. The predicted octanol–water partition coefficient (Wildman–Crippen LogP) is -0.524. The van der Waals surface area contributed by atoms with E-state index in [1.165, 1.54) is 9.91 Å². The molecule has 0 aromatic carbocycles. The summed E-state index contributed by atoms with van der Waals surface area (Å²) in [5, 5.41) is 7.91. The number of carbonyl (C=O) groups excluding carboxylic acids is 3. The van der Waals surface area contributed by atoms with Gasteiger partial charge in [0.15, 0.2) is 0 Å². The van der Waals surface area contributed by atoms with Crippen LogP contribution in [0.2, 0.25) is 0 Å². The fraction of sp³-hybridized carbons (Fsp3) is 0.667. The third-order valence-electron chi connectivity index (χ3n) is 2.43. The summed E-state index contributed by atoms with van der Waals surface area (Å²) in [6.07, 6.45) is 0.696. The van der Waals surface area contributed by atoms with Gasteiger partial charge in [-0.15, -0.1) is 0 Å². The van der Waals surface area contributed by atoms with Gasteiger partial charge in [0.2, 0.25) is 5.91 Å². The zero-order valence-electron chi connectivity index (χ0n) is 12.1. The first-order valence-electron chi connectivity index (χ1n) is 6.08. The summed E-state index contributed by atoms with van der Waals surface area (Å²) in [6.45, 7) is 5.24. The Morgan fingerprint density at radius 2 is 1.95 bits per heavy atom. The molecule has 2 amide bonds. The van der Waals surface area contributed by atoms with Gasteiger partial charge in [-0.05, 0) is 20.8 Å². The minimum absolute atomic E-state index is 0.148. The molecule has 0 aliphatic rings. The zero-order valence-corrected chi connectivity index (χ0v) is 12.1. The van der Waals surface area contributed by atoms with Crippen molar-refractivity contribution in [2.75, 3.05) is 27.2 Å². The van der Waals surface area contributed by atoms with Gasteiger partial charge in [-0.2, -0.15) is 5.10 Å². The van der Waals surface area contributed by atoms with Gasteiger partial charge in [0.1, 0.15) is 12.0 Å². The highest BCUT2D eigenvalue weighted by Crippen LogP contribution is 1.96. The number of hydrogen-bond donors (Lipinski definition) is 1. The SMILES string of the molecule is CCN(C(=O)CNC(=O)C(C)=NN(C)C)C(C)C=O. The summed E-state index contributed by atoms with van der Waals surface area (Å²) in [4.78, 5) is 35.5. The van der Waals surface area contributed by atoms with E-state index in [2.05, 4.69) is 10.4 Å². The van der Waals surface area contributed by atoms with E-state index >= 15 is 0 Å². The van der Waals surface area contributed by atoms with Gasteiger partial charge in [-0.25, -0.2) is 0 Å². The summed E-state index contributed by atoms with van der Waals surface area (Å²) in [7, 11) is 3.40. The summed E-state index contributed by atoms with van der Waals surface area (Å²) >= 11 is 0. The van der Waals surface area contributed by atoms with Crippen LogP contribution in [0, 0.1) is 0 Å². The van der Waals surface area contributed by atoms with Gasteiger partial charge in [-0.3, -0.25) is 9.59 Å². The first-order chi connectivity index (χ1) is 8.83. The third-order valence-corrected chi connectivity index (χ3v) is 2.43. The molecule has 19 heavy (non-hydrogen) atoms. The molecule has 0 saturated carbocycles. The third kappa shape index (κ3) is 5.98. The molecule has 0 aromatic rings. The Bertz CT molecular complexity index is 366. The zero-order chi connectivity index (χ0) is 15.0. The predicted molar refractivity (Wildman–Crippen MR) is 72.7 cm³/mol. The molecule has 0 bridgehead atoms. The molecule has 1 atom stereocenters. The molecule has 0 spiro atoms. The van der Waals surface area contributed by atoms with E-state index in [9.17, 15) is 14.4 Å². The number of amides is 2. The van der Waals surface area contributed by atoms with Gasteiger partial charge in [0, 0.05) is 20.6 Å². The number of aldehydes is 1. The molecule has 108 valence electrons. The van der Waals surface area contributed by atoms with Crippen LogP contribution in [0.15, 0.2) is 5.10 Å². The van der Waals surface area contributed by atoms with Crippen LogP contribution in [0.1, 0.15) is 20.8 Å². The Labute approximate surface area is 113 Å². The van der Waals surface area contributed by atoms with Crippen molar-refractivity contribution in [1.29, 1.82) is 0 Å². The fourth-order valence-electron chi connectivity index (χ4n) is 1.50. The highest BCUT2D eigenvalue weighted by molar-refractivity contribution is 6.38. The smallest absolute Gasteiger partial charge is 0.267 e. The van der Waals surface area contributed by atoms with Crippen LogP contribution in [0.4, 0.5) is 0 Å². The molecule has 0 fully saturated rings. The maximum Gasteiger partial charge on any atom is 0.267 e. The van der Waals surface area contributed by atoms with E-state index in [0.29, 0.717) is 12.8 Å². The van der Waals surface area contributed by atoms with E-state index in [1.807, 2.05) is 0 Å². The molecule has 1 N–H and O–H groups in total. The van der Waals surface area contributed by atoms with Crippen molar-refractivity contribution in [3.63, 3.8) is 0 Å². The van der Waals surface area contributed by atoms with Crippen LogP contribution < -0.4 is 5.32 Å². The van der Waals surface area contributed by atoms with Gasteiger partial charge >= 0.3 is 0 Å². The molecular formula is C12H22N4O3. The Kier molecular flexibility index (Phi) is 7.40. The molecule has 7 heteroatoms. The molecular weight excluding hydrogens is 248 g/mol. The van der Waals surface area contributed by atoms with Crippen LogP contribution in [0.25, 0.3) is 0 Å². The lowest BCUT2D eigenvalue weighted by Gasteiger charge is -2.24. The first-order valence-corrected chi connectivity index (χ1v) is 6.08. The van der Waals surface area contributed by atoms with E-state index in [0.717, 1.165) is 0 Å². The van der Waals surface area contributed by atoms with Crippen molar-refractivity contribution in [3.05, 3.63) is 0 Å². The molecule has 0 heterocycles. The van der Waals surface area contributed by atoms with Crippen LogP contribution >= 0.6 is 0 Å². The summed E-state index contributed by atoms with van der Waals surface area (Å²) in [6, 6.07) is -0.494. The first kappa shape index (κ1) is 17.1. The molecule has 0 aliphatic carbocycles. The number of rotatable bonds is 7. The van der Waals surface area contributed by atoms with Gasteiger partial charge in [0.05, 0.1) is 12.6 Å². The number of nitrogens with one attached hydrogen (secondary N) is 1. The van der Waals surface area contributed by atoms with Crippen molar-refractivity contribution < 1.29 is 14.4 Å². The summed E-state index contributed by atoms with van der Waals surface area (Å²) in [5.41, 5.74) is 0.268. The van der Waals surface area contributed by atoms with E-state index in [4.69, 9.17) is 0 Å². The highest BCUT2D eigenvalue weighted by atomic mass is 16.2. The Morgan fingerprint density at radius 3 is 2.37 bits per heavy atom. The number of carbonyl (C=O) groups is 3. The van der Waals surface area contributed by atoms with E-state index in [1.54, 1.807) is 34.9 Å². The fourth-order valence-corrected chi connectivity index (χ4v) is 1.50. The van der Waals surface area contributed by atoms with Crippen LogP contribution in [-0.4, -0.2) is 66.9 Å². The number of likely N-dealkylation sites (N-methyl/N-ethyl adjacent to an activating group) is 1. The molecule has 0 aromatic heterocycles. The maximum atomic E-state index is 11.8. The summed E-state index contributed by atoms with van der Waals surface area (Å²) < 4.78 is 0. The van der Waals surface area contributed by atoms with Crippen LogP contribution in [0.5, 0.6) is 0 Å². The second kappa shape index (κ2) is 8.23. The number of hydrazone groups is 1. The average molecular weight is 270 g/mol. The topological polar surface area (TPSA) is 82.1 Å². The molecule has 0 aliphatic heterocycles. The average Bonchev–Trinajstić information content (AvgIpc) is 2.35. The molecule has 1 unspecified atom stereocenters. The van der Waals surface area contributed by atoms with Crippen molar-refractivity contribution >= 4 is 23.8 Å². The lowest BCUT2D eigenvalue weighted by Crippen LogP contribution is -2.46. The molecule has 0 rings (SSSR count). The molecule has 0 radical (unpaired) electrons. The molecule has 0 saturated heterocycles. The monoisotopic (exact) mass is 270 g/mol. The lowest BCUT2D eigenvalue weighted by atomic mass is 10.3. The lowest BCUT2D eigenvalue weighted by molar-refractivity contribution is -0.135.